The first-order valence-electron chi connectivity index (χ1n) is 5.94. The summed E-state index contributed by atoms with van der Waals surface area (Å²) >= 11 is 6.71. The molecule has 104 valence electrons. The van der Waals surface area contributed by atoms with Crippen LogP contribution in [0.4, 0.5) is 0 Å². The summed E-state index contributed by atoms with van der Waals surface area (Å²) in [4.78, 5) is 1.34. The normalized spacial score (nSPS) is 10.1. The molecule has 3 nitrogen and oxygen atoms in total. The number of methoxy groups -OCH3 is 1. The Balaban J connectivity index is 2.34. The lowest BCUT2D eigenvalue weighted by atomic mass is 10.2. The molecule has 0 aliphatic rings. The van der Waals surface area contributed by atoms with Gasteiger partial charge in [-0.2, -0.15) is 0 Å². The second-order valence-electron chi connectivity index (χ2n) is 3.98. The van der Waals surface area contributed by atoms with E-state index in [0.29, 0.717) is 16.5 Å². The molecule has 0 radical (unpaired) electrons. The minimum Gasteiger partial charge on any atom is -0.497 e. The van der Waals surface area contributed by atoms with E-state index in [1.807, 2.05) is 48.7 Å². The first-order valence-corrected chi connectivity index (χ1v) is 7.57. The summed E-state index contributed by atoms with van der Waals surface area (Å²) < 4.78 is 11.0. The Morgan fingerprint density at radius 1 is 1.10 bits per heavy atom. The number of nitrogens with two attached hydrogens (primary N) is 1. The predicted octanol–water partition coefficient (Wildman–Crippen LogP) is 3.84. The number of rotatable bonds is 5. The third-order valence-corrected chi connectivity index (χ3v) is 3.73. The van der Waals surface area contributed by atoms with E-state index in [4.69, 9.17) is 27.4 Å². The molecule has 0 saturated carbocycles. The van der Waals surface area contributed by atoms with Gasteiger partial charge < -0.3 is 15.2 Å². The molecule has 2 rings (SSSR count). The second-order valence-corrected chi connectivity index (χ2v) is 5.26. The molecule has 0 aromatic heterocycles. The van der Waals surface area contributed by atoms with Gasteiger partial charge in [-0.1, -0.05) is 18.3 Å². The van der Waals surface area contributed by atoms with E-state index in [2.05, 4.69) is 0 Å². The van der Waals surface area contributed by atoms with E-state index in [9.17, 15) is 0 Å². The monoisotopic (exact) mass is 305 g/mol. The molecule has 0 unspecified atom stereocenters. The number of hydrogen-bond donors (Lipinski definition) is 1. The van der Waals surface area contributed by atoms with Crippen molar-refractivity contribution in [2.75, 3.05) is 13.4 Å². The lowest BCUT2D eigenvalue weighted by Crippen LogP contribution is -2.12. The van der Waals surface area contributed by atoms with Crippen LogP contribution in [0.1, 0.15) is 5.56 Å². The van der Waals surface area contributed by atoms with Crippen LogP contribution in [0, 0.1) is 0 Å². The maximum Gasteiger partial charge on any atom is 0.138 e. The zero-order valence-corrected chi connectivity index (χ0v) is 12.9. The Labute approximate surface area is 128 Å². The van der Waals surface area contributed by atoms with Gasteiger partial charge in [-0.05, 0) is 42.7 Å². The highest BCUT2D eigenvalue weighted by molar-refractivity contribution is 7.98. The molecule has 20 heavy (non-hydrogen) atoms. The van der Waals surface area contributed by atoms with E-state index in [0.717, 1.165) is 16.2 Å². The van der Waals surface area contributed by atoms with Gasteiger partial charge in [-0.3, -0.25) is 0 Å². The summed E-state index contributed by atoms with van der Waals surface area (Å²) in [6, 6.07) is 13.1. The maximum atomic E-state index is 5.88. The Morgan fingerprint density at radius 2 is 1.75 bits per heavy atom. The molecule has 0 bridgehead atoms. The van der Waals surface area contributed by atoms with Crippen LogP contribution in [0.25, 0.3) is 0 Å². The van der Waals surface area contributed by atoms with Gasteiger partial charge in [0.2, 0.25) is 0 Å². The first-order chi connectivity index (χ1) is 9.65. The smallest absolute Gasteiger partial charge is 0.138 e. The highest BCUT2D eigenvalue weighted by atomic mass is 32.2. The van der Waals surface area contributed by atoms with Crippen LogP contribution in [0.15, 0.2) is 47.4 Å². The highest BCUT2D eigenvalue weighted by Crippen LogP contribution is 2.32. The SMILES string of the molecule is COc1ccc(Oc2cccc(SC)c2C(N)=S)cc1. The van der Waals surface area contributed by atoms with E-state index < -0.39 is 0 Å². The van der Waals surface area contributed by atoms with Crippen LogP contribution in [0.3, 0.4) is 0 Å². The molecular weight excluding hydrogens is 290 g/mol. The van der Waals surface area contributed by atoms with Crippen LogP contribution in [0.5, 0.6) is 17.2 Å². The van der Waals surface area contributed by atoms with Crippen LogP contribution >= 0.6 is 24.0 Å². The van der Waals surface area contributed by atoms with Crippen molar-refractivity contribution in [3.05, 3.63) is 48.0 Å². The van der Waals surface area contributed by atoms with Crippen molar-refractivity contribution in [1.82, 2.24) is 0 Å². The van der Waals surface area contributed by atoms with Crippen LogP contribution in [0.2, 0.25) is 0 Å². The Bertz CT molecular complexity index is 612. The van der Waals surface area contributed by atoms with Crippen LogP contribution in [-0.4, -0.2) is 18.4 Å². The van der Waals surface area contributed by atoms with Crippen LogP contribution in [-0.2, 0) is 0 Å². The van der Waals surface area contributed by atoms with Crippen molar-refractivity contribution < 1.29 is 9.47 Å². The molecule has 2 aromatic rings. The molecule has 0 aliphatic carbocycles. The Morgan fingerprint density at radius 3 is 2.30 bits per heavy atom. The van der Waals surface area contributed by atoms with Crippen molar-refractivity contribution in [2.45, 2.75) is 4.90 Å². The average Bonchev–Trinajstić information content (AvgIpc) is 2.47. The van der Waals surface area contributed by atoms with Gasteiger partial charge in [0.25, 0.3) is 0 Å². The molecular formula is C15H15NO2S2. The van der Waals surface area contributed by atoms with Gasteiger partial charge in [-0.25, -0.2) is 0 Å². The van der Waals surface area contributed by atoms with Gasteiger partial charge in [0.05, 0.1) is 12.7 Å². The number of ether oxygens (including phenoxy) is 2. The third kappa shape index (κ3) is 3.23. The molecule has 0 fully saturated rings. The summed E-state index contributed by atoms with van der Waals surface area (Å²) in [5.41, 5.74) is 6.58. The Hall–Kier alpha value is -1.72. The minimum atomic E-state index is 0.332. The Kier molecular flexibility index (Phi) is 4.87. The van der Waals surface area contributed by atoms with E-state index in [1.54, 1.807) is 18.9 Å². The molecule has 0 atom stereocenters. The third-order valence-electron chi connectivity index (χ3n) is 2.74. The van der Waals surface area contributed by atoms with E-state index in [-0.39, 0.29) is 0 Å². The molecule has 0 amide bonds. The van der Waals surface area contributed by atoms with Crippen molar-refractivity contribution in [3.8, 4) is 17.2 Å². The van der Waals surface area contributed by atoms with E-state index >= 15 is 0 Å². The molecule has 0 saturated heterocycles. The fourth-order valence-electron chi connectivity index (χ4n) is 1.78. The standard InChI is InChI=1S/C15H15NO2S2/c1-17-10-6-8-11(9-7-10)18-12-4-3-5-13(20-2)14(12)15(16)19/h3-9H,1-2H3,(H2,16,19). The maximum absolute atomic E-state index is 5.88. The zero-order chi connectivity index (χ0) is 14.5. The van der Waals surface area contributed by atoms with Crippen molar-refractivity contribution in [3.63, 3.8) is 0 Å². The second kappa shape index (κ2) is 6.63. The van der Waals surface area contributed by atoms with Gasteiger partial charge in [0, 0.05) is 4.90 Å². The predicted molar refractivity (Wildman–Crippen MR) is 87.2 cm³/mol. The summed E-state index contributed by atoms with van der Waals surface area (Å²) in [6.45, 7) is 0. The summed E-state index contributed by atoms with van der Waals surface area (Å²) in [6.07, 6.45) is 1.98. The van der Waals surface area contributed by atoms with E-state index in [1.165, 1.54) is 0 Å². The number of hydrogen-bond acceptors (Lipinski definition) is 4. The van der Waals surface area contributed by atoms with Gasteiger partial charge in [0.1, 0.15) is 22.2 Å². The quantitative estimate of drug-likeness (QED) is 0.671. The lowest BCUT2D eigenvalue weighted by Gasteiger charge is -2.13. The highest BCUT2D eigenvalue weighted by Gasteiger charge is 2.12. The first kappa shape index (κ1) is 14.7. The fourth-order valence-corrected chi connectivity index (χ4v) is 2.68. The average molecular weight is 305 g/mol. The van der Waals surface area contributed by atoms with Crippen molar-refractivity contribution in [1.29, 1.82) is 0 Å². The largest absolute Gasteiger partial charge is 0.497 e. The van der Waals surface area contributed by atoms with Gasteiger partial charge in [0.15, 0.2) is 0 Å². The summed E-state index contributed by atoms with van der Waals surface area (Å²) in [7, 11) is 1.63. The number of thioether (sulfide) groups is 1. The number of benzene rings is 2. The topological polar surface area (TPSA) is 44.5 Å². The molecule has 5 heteroatoms. The van der Waals surface area contributed by atoms with Gasteiger partial charge >= 0.3 is 0 Å². The van der Waals surface area contributed by atoms with Gasteiger partial charge in [-0.15, -0.1) is 11.8 Å². The zero-order valence-electron chi connectivity index (χ0n) is 11.3. The van der Waals surface area contributed by atoms with Crippen LogP contribution < -0.4 is 15.2 Å². The molecule has 0 spiro atoms. The van der Waals surface area contributed by atoms with Crippen molar-refractivity contribution >= 4 is 29.0 Å². The summed E-state index contributed by atoms with van der Waals surface area (Å²) in [5.74, 6) is 2.15. The summed E-state index contributed by atoms with van der Waals surface area (Å²) in [5, 5.41) is 0. The molecule has 2 aromatic carbocycles. The van der Waals surface area contributed by atoms with Crippen molar-refractivity contribution in [2.24, 2.45) is 5.73 Å². The number of thiocarbonyl (C=S) groups is 1. The minimum absolute atomic E-state index is 0.332. The fraction of sp³-hybridized carbons (Fsp3) is 0.133. The molecule has 0 aliphatic heterocycles. The molecule has 2 N–H and O–H groups in total. The lowest BCUT2D eigenvalue weighted by molar-refractivity contribution is 0.412. The molecule has 0 heterocycles.